The summed E-state index contributed by atoms with van der Waals surface area (Å²) in [6.45, 7) is 0. The molecule has 1 aromatic carbocycles. The molecule has 1 aromatic heterocycles. The predicted molar refractivity (Wildman–Crippen MR) is 66.6 cm³/mol. The minimum Gasteiger partial charge on any atom is -0.335 e. The Bertz CT molecular complexity index is 514. The van der Waals surface area contributed by atoms with Crippen LogP contribution in [0.2, 0.25) is 5.02 Å². The zero-order valence-electron chi connectivity index (χ0n) is 8.35. The molecule has 1 heterocycles. The van der Waals surface area contributed by atoms with E-state index in [4.69, 9.17) is 11.6 Å². The van der Waals surface area contributed by atoms with Crippen molar-refractivity contribution in [2.24, 2.45) is 0 Å². The highest BCUT2D eigenvalue weighted by Gasteiger charge is 2.08. The lowest BCUT2D eigenvalue weighted by Crippen LogP contribution is -1.99. The van der Waals surface area contributed by atoms with Gasteiger partial charge in [-0.2, -0.15) is 0 Å². The van der Waals surface area contributed by atoms with Crippen LogP contribution in [0.15, 0.2) is 34.9 Å². The second-order valence-corrected chi connectivity index (χ2v) is 4.59. The summed E-state index contributed by atoms with van der Waals surface area (Å²) >= 11 is 8.69. The normalized spacial score (nSPS) is 10.4. The molecule has 0 saturated carbocycles. The van der Waals surface area contributed by atoms with Gasteiger partial charge in [0.1, 0.15) is 5.82 Å². The number of halogens is 4. The Morgan fingerprint density at radius 2 is 1.94 bits per heavy atom. The van der Waals surface area contributed by atoms with Gasteiger partial charge >= 0.3 is 0 Å². The summed E-state index contributed by atoms with van der Waals surface area (Å²) in [5.74, 6) is -1.22. The summed E-state index contributed by atoms with van der Waals surface area (Å²) in [5.41, 5.74) is 0.141. The quantitative estimate of drug-likeness (QED) is 0.880. The molecule has 0 atom stereocenters. The predicted octanol–water partition coefficient (Wildman–Crippen LogP) is 4.52. The summed E-state index contributed by atoms with van der Waals surface area (Å²) < 4.78 is 27.5. The smallest absolute Gasteiger partial charge is 0.167 e. The lowest BCUT2D eigenvalue weighted by Gasteiger charge is -2.07. The van der Waals surface area contributed by atoms with Crippen LogP contribution < -0.4 is 5.32 Å². The molecule has 88 valence electrons. The zero-order valence-corrected chi connectivity index (χ0v) is 10.7. The van der Waals surface area contributed by atoms with Crippen LogP contribution in [-0.4, -0.2) is 4.98 Å². The molecule has 1 N–H and O–H groups in total. The fraction of sp³-hybridized carbons (Fsp3) is 0. The first kappa shape index (κ1) is 12.3. The van der Waals surface area contributed by atoms with Gasteiger partial charge in [-0.3, -0.25) is 0 Å². The highest BCUT2D eigenvalue weighted by Crippen LogP contribution is 2.24. The van der Waals surface area contributed by atoms with Crippen molar-refractivity contribution in [3.05, 3.63) is 51.6 Å². The topological polar surface area (TPSA) is 24.9 Å². The van der Waals surface area contributed by atoms with Gasteiger partial charge in [0.15, 0.2) is 11.6 Å². The highest BCUT2D eigenvalue weighted by molar-refractivity contribution is 9.10. The lowest BCUT2D eigenvalue weighted by atomic mass is 10.3. The van der Waals surface area contributed by atoms with Crippen molar-refractivity contribution in [2.45, 2.75) is 0 Å². The summed E-state index contributed by atoms with van der Waals surface area (Å²) in [7, 11) is 0. The van der Waals surface area contributed by atoms with E-state index in [-0.39, 0.29) is 16.5 Å². The first-order valence-corrected chi connectivity index (χ1v) is 5.76. The summed E-state index contributed by atoms with van der Waals surface area (Å²) in [5, 5.41) is 2.74. The van der Waals surface area contributed by atoms with Gasteiger partial charge in [-0.15, -0.1) is 0 Å². The maximum Gasteiger partial charge on any atom is 0.167 e. The molecule has 0 radical (unpaired) electrons. The van der Waals surface area contributed by atoms with E-state index in [0.717, 1.165) is 6.07 Å². The van der Waals surface area contributed by atoms with Gasteiger partial charge in [0.25, 0.3) is 0 Å². The largest absolute Gasteiger partial charge is 0.335 e. The lowest BCUT2D eigenvalue weighted by molar-refractivity contribution is 0.621. The molecule has 0 saturated heterocycles. The van der Waals surface area contributed by atoms with Gasteiger partial charge in [-0.1, -0.05) is 27.5 Å². The molecule has 0 fully saturated rings. The number of hydrogen-bond acceptors (Lipinski definition) is 2. The fourth-order valence-electron chi connectivity index (χ4n) is 1.22. The second-order valence-electron chi connectivity index (χ2n) is 3.23. The van der Waals surface area contributed by atoms with E-state index in [0.29, 0.717) is 4.47 Å². The average Bonchev–Trinajstić information content (AvgIpc) is 2.25. The number of nitrogens with zero attached hydrogens (tertiary/aromatic N) is 1. The van der Waals surface area contributed by atoms with Crippen molar-refractivity contribution in [3.8, 4) is 0 Å². The third kappa shape index (κ3) is 2.92. The summed E-state index contributed by atoms with van der Waals surface area (Å²) in [4.78, 5) is 3.74. The van der Waals surface area contributed by atoms with Crippen molar-refractivity contribution < 1.29 is 8.78 Å². The number of pyridine rings is 1. The fourth-order valence-corrected chi connectivity index (χ4v) is 1.70. The molecule has 2 aromatic rings. The van der Waals surface area contributed by atoms with Crippen LogP contribution in [0.1, 0.15) is 0 Å². The molecule has 2 rings (SSSR count). The van der Waals surface area contributed by atoms with Gasteiger partial charge in [-0.25, -0.2) is 13.8 Å². The van der Waals surface area contributed by atoms with Gasteiger partial charge in [-0.05, 0) is 24.3 Å². The molecule has 0 aliphatic heterocycles. The SMILES string of the molecule is Fc1cc(Br)ccc1Nc1ncc(Cl)cc1F. The molecule has 0 unspecified atom stereocenters. The van der Waals surface area contributed by atoms with E-state index >= 15 is 0 Å². The average molecular weight is 320 g/mol. The van der Waals surface area contributed by atoms with Gasteiger partial charge in [0.2, 0.25) is 0 Å². The third-order valence-corrected chi connectivity index (χ3v) is 2.69. The van der Waals surface area contributed by atoms with Crippen molar-refractivity contribution >= 4 is 39.0 Å². The van der Waals surface area contributed by atoms with Crippen LogP contribution in [0.5, 0.6) is 0 Å². The molecule has 0 aliphatic carbocycles. The van der Waals surface area contributed by atoms with Crippen molar-refractivity contribution in [3.63, 3.8) is 0 Å². The monoisotopic (exact) mass is 318 g/mol. The van der Waals surface area contributed by atoms with E-state index in [9.17, 15) is 8.78 Å². The maximum atomic E-state index is 13.5. The molecule has 6 heteroatoms. The Kier molecular flexibility index (Phi) is 3.59. The molecular weight excluding hydrogens is 313 g/mol. The number of anilines is 2. The number of nitrogens with one attached hydrogen (secondary N) is 1. The van der Waals surface area contributed by atoms with Gasteiger partial charge < -0.3 is 5.32 Å². The Hall–Kier alpha value is -1.20. The first-order chi connectivity index (χ1) is 8.06. The maximum absolute atomic E-state index is 13.5. The number of benzene rings is 1. The molecule has 17 heavy (non-hydrogen) atoms. The Balaban J connectivity index is 2.31. The minimum absolute atomic E-state index is 0.0735. The second kappa shape index (κ2) is 4.98. The minimum atomic E-state index is -0.639. The number of rotatable bonds is 2. The number of aromatic nitrogens is 1. The molecular formula is C11H6BrClF2N2. The molecule has 2 nitrogen and oxygen atoms in total. The van der Waals surface area contributed by atoms with Crippen LogP contribution in [0.25, 0.3) is 0 Å². The zero-order chi connectivity index (χ0) is 12.4. The van der Waals surface area contributed by atoms with Crippen LogP contribution in [0, 0.1) is 11.6 Å². The van der Waals surface area contributed by atoms with Crippen molar-refractivity contribution in [2.75, 3.05) is 5.32 Å². The van der Waals surface area contributed by atoms with E-state index in [1.807, 2.05) is 0 Å². The van der Waals surface area contributed by atoms with Crippen LogP contribution in [-0.2, 0) is 0 Å². The Morgan fingerprint density at radius 3 is 2.59 bits per heavy atom. The van der Waals surface area contributed by atoms with E-state index in [1.54, 1.807) is 6.07 Å². The van der Waals surface area contributed by atoms with Gasteiger partial charge in [0.05, 0.1) is 10.7 Å². The Labute approximate surface area is 110 Å². The van der Waals surface area contributed by atoms with Crippen LogP contribution >= 0.6 is 27.5 Å². The first-order valence-electron chi connectivity index (χ1n) is 4.59. The molecule has 0 spiro atoms. The van der Waals surface area contributed by atoms with E-state index < -0.39 is 11.6 Å². The summed E-state index contributed by atoms with van der Waals surface area (Å²) in [6.07, 6.45) is 1.28. The summed E-state index contributed by atoms with van der Waals surface area (Å²) in [6, 6.07) is 5.50. The highest BCUT2D eigenvalue weighted by atomic mass is 79.9. The van der Waals surface area contributed by atoms with Crippen molar-refractivity contribution in [1.29, 1.82) is 0 Å². The number of hydrogen-bond donors (Lipinski definition) is 1. The molecule has 0 aliphatic rings. The standard InChI is InChI=1S/C11H6BrClF2N2/c12-6-1-2-10(8(14)3-6)17-11-9(15)4-7(13)5-16-11/h1-5H,(H,16,17). The van der Waals surface area contributed by atoms with Crippen LogP contribution in [0.3, 0.4) is 0 Å². The molecule has 0 amide bonds. The van der Waals surface area contributed by atoms with E-state index in [1.165, 1.54) is 18.3 Å². The Morgan fingerprint density at radius 1 is 1.18 bits per heavy atom. The molecule has 0 bridgehead atoms. The van der Waals surface area contributed by atoms with Gasteiger partial charge in [0, 0.05) is 10.7 Å². The van der Waals surface area contributed by atoms with E-state index in [2.05, 4.69) is 26.2 Å². The third-order valence-electron chi connectivity index (χ3n) is 1.99. The van der Waals surface area contributed by atoms with Crippen molar-refractivity contribution in [1.82, 2.24) is 4.98 Å². The van der Waals surface area contributed by atoms with Crippen LogP contribution in [0.4, 0.5) is 20.3 Å².